The monoisotopic (exact) mass is 327 g/mol. The van der Waals surface area contributed by atoms with Crippen LogP contribution in [0.3, 0.4) is 0 Å². The lowest BCUT2D eigenvalue weighted by atomic mass is 10.2. The fourth-order valence-corrected chi connectivity index (χ4v) is 2.47. The third-order valence-electron chi connectivity index (χ3n) is 3.96. The maximum absolute atomic E-state index is 12.1. The van der Waals surface area contributed by atoms with Crippen LogP contribution < -0.4 is 15.6 Å². The minimum Gasteiger partial charge on any atom is -0.494 e. The second-order valence-corrected chi connectivity index (χ2v) is 5.83. The summed E-state index contributed by atoms with van der Waals surface area (Å²) in [5.74, 6) is 1.03. The van der Waals surface area contributed by atoms with E-state index in [1.807, 2.05) is 6.92 Å². The summed E-state index contributed by atoms with van der Waals surface area (Å²) in [6.07, 6.45) is 3.81. The predicted octanol–water partition coefficient (Wildman–Crippen LogP) is 1.95. The lowest BCUT2D eigenvalue weighted by molar-refractivity contribution is 0.0952. The molecule has 6 heteroatoms. The molecule has 1 aromatic heterocycles. The van der Waals surface area contributed by atoms with E-state index in [1.54, 1.807) is 36.7 Å². The molecule has 2 aromatic rings. The number of aromatic nitrogens is 2. The fourth-order valence-electron chi connectivity index (χ4n) is 2.47. The Hall–Kier alpha value is -2.63. The minimum atomic E-state index is -0.173. The van der Waals surface area contributed by atoms with Crippen molar-refractivity contribution >= 4 is 5.91 Å². The van der Waals surface area contributed by atoms with Gasteiger partial charge in [0.15, 0.2) is 0 Å². The Morgan fingerprint density at radius 2 is 2.08 bits per heavy atom. The highest BCUT2D eigenvalue weighted by Gasteiger charge is 2.25. The van der Waals surface area contributed by atoms with Crippen LogP contribution in [0, 0.1) is 0 Å². The van der Waals surface area contributed by atoms with E-state index in [9.17, 15) is 9.59 Å². The van der Waals surface area contributed by atoms with Crippen LogP contribution in [-0.4, -0.2) is 28.6 Å². The van der Waals surface area contributed by atoms with E-state index >= 15 is 0 Å². The number of carbonyl (C=O) groups excluding carboxylic acids is 1. The van der Waals surface area contributed by atoms with Gasteiger partial charge in [-0.25, -0.2) is 4.98 Å². The molecule has 1 N–H and O–H groups in total. The van der Waals surface area contributed by atoms with Gasteiger partial charge in [0.1, 0.15) is 5.75 Å². The van der Waals surface area contributed by atoms with Crippen LogP contribution >= 0.6 is 0 Å². The summed E-state index contributed by atoms with van der Waals surface area (Å²) in [4.78, 5) is 28.4. The number of benzene rings is 1. The maximum Gasteiger partial charge on any atom is 0.253 e. The molecule has 3 rings (SSSR count). The van der Waals surface area contributed by atoms with E-state index in [4.69, 9.17) is 4.74 Å². The van der Waals surface area contributed by atoms with Crippen molar-refractivity contribution in [3.8, 4) is 5.75 Å². The summed E-state index contributed by atoms with van der Waals surface area (Å²) in [5.41, 5.74) is 1.38. The summed E-state index contributed by atoms with van der Waals surface area (Å²) in [6.45, 7) is 3.28. The molecule has 0 bridgehead atoms. The molecule has 0 atom stereocenters. The van der Waals surface area contributed by atoms with Gasteiger partial charge in [-0.3, -0.25) is 14.2 Å². The van der Waals surface area contributed by atoms with Crippen molar-refractivity contribution in [3.63, 3.8) is 0 Å². The molecule has 1 amide bonds. The fraction of sp³-hybridized carbons (Fsp3) is 0.389. The van der Waals surface area contributed by atoms with Crippen molar-refractivity contribution in [2.75, 3.05) is 13.2 Å². The van der Waals surface area contributed by atoms with Crippen molar-refractivity contribution in [2.45, 2.75) is 32.2 Å². The molecule has 0 saturated heterocycles. The van der Waals surface area contributed by atoms with Gasteiger partial charge in [0.2, 0.25) is 0 Å². The van der Waals surface area contributed by atoms with Crippen molar-refractivity contribution in [1.29, 1.82) is 0 Å². The third kappa shape index (κ3) is 4.01. The number of hydrogen-bond donors (Lipinski definition) is 1. The molecular weight excluding hydrogens is 306 g/mol. The maximum atomic E-state index is 12.1. The Kier molecular flexibility index (Phi) is 4.93. The van der Waals surface area contributed by atoms with Gasteiger partial charge in [0.25, 0.3) is 11.5 Å². The standard InChI is InChI=1S/C18H21N3O3/c1-2-24-15-7-5-14(6-8-15)18(23)19-9-10-21-12-20-16(11-17(21)22)13-3-4-13/h5-8,11-13H,2-4,9-10H2,1H3,(H,19,23). The van der Waals surface area contributed by atoms with E-state index in [1.165, 1.54) is 4.57 Å². The van der Waals surface area contributed by atoms with Gasteiger partial charge >= 0.3 is 0 Å². The first-order chi connectivity index (χ1) is 11.7. The number of rotatable bonds is 7. The van der Waals surface area contributed by atoms with E-state index < -0.39 is 0 Å². The Morgan fingerprint density at radius 3 is 2.71 bits per heavy atom. The van der Waals surface area contributed by atoms with E-state index in [2.05, 4.69) is 10.3 Å². The molecule has 24 heavy (non-hydrogen) atoms. The number of carbonyl (C=O) groups is 1. The molecule has 0 radical (unpaired) electrons. The van der Waals surface area contributed by atoms with Gasteiger partial charge in [-0.15, -0.1) is 0 Å². The zero-order valence-electron chi connectivity index (χ0n) is 13.7. The summed E-state index contributed by atoms with van der Waals surface area (Å²) in [7, 11) is 0. The molecule has 0 aliphatic heterocycles. The molecule has 1 aromatic carbocycles. The smallest absolute Gasteiger partial charge is 0.253 e. The topological polar surface area (TPSA) is 73.2 Å². The zero-order valence-corrected chi connectivity index (χ0v) is 13.7. The Bertz CT molecular complexity index is 764. The third-order valence-corrected chi connectivity index (χ3v) is 3.96. The summed E-state index contributed by atoms with van der Waals surface area (Å²) >= 11 is 0. The molecule has 1 saturated carbocycles. The number of nitrogens with zero attached hydrogens (tertiary/aromatic N) is 2. The Balaban J connectivity index is 1.52. The molecular formula is C18H21N3O3. The van der Waals surface area contributed by atoms with Crippen LogP contribution in [-0.2, 0) is 6.54 Å². The first-order valence-corrected chi connectivity index (χ1v) is 8.25. The van der Waals surface area contributed by atoms with Gasteiger partial charge < -0.3 is 10.1 Å². The highest BCUT2D eigenvalue weighted by atomic mass is 16.5. The highest BCUT2D eigenvalue weighted by Crippen LogP contribution is 2.38. The van der Waals surface area contributed by atoms with Crippen LogP contribution in [0.2, 0.25) is 0 Å². The predicted molar refractivity (Wildman–Crippen MR) is 90.4 cm³/mol. The minimum absolute atomic E-state index is 0.0674. The molecule has 0 spiro atoms. The summed E-state index contributed by atoms with van der Waals surface area (Å²) in [5, 5.41) is 2.81. The Morgan fingerprint density at radius 1 is 1.33 bits per heavy atom. The van der Waals surface area contributed by atoms with Gasteiger partial charge in [0.05, 0.1) is 18.6 Å². The van der Waals surface area contributed by atoms with Crippen LogP contribution in [0.5, 0.6) is 5.75 Å². The number of hydrogen-bond acceptors (Lipinski definition) is 4. The second-order valence-electron chi connectivity index (χ2n) is 5.83. The number of amides is 1. The average Bonchev–Trinajstić information content (AvgIpc) is 3.42. The second kappa shape index (κ2) is 7.29. The van der Waals surface area contributed by atoms with E-state index in [-0.39, 0.29) is 11.5 Å². The van der Waals surface area contributed by atoms with Crippen LogP contribution in [0.1, 0.15) is 41.7 Å². The van der Waals surface area contributed by atoms with Crippen molar-refractivity contribution < 1.29 is 9.53 Å². The van der Waals surface area contributed by atoms with Crippen LogP contribution in [0.25, 0.3) is 0 Å². The molecule has 1 aliphatic carbocycles. The van der Waals surface area contributed by atoms with Crippen LogP contribution in [0.4, 0.5) is 0 Å². The summed E-state index contributed by atoms with van der Waals surface area (Å²) in [6, 6.07) is 8.58. The molecule has 0 unspecified atom stereocenters. The van der Waals surface area contributed by atoms with Gasteiger partial charge in [-0.05, 0) is 44.0 Å². The quantitative estimate of drug-likeness (QED) is 0.843. The van der Waals surface area contributed by atoms with Crippen molar-refractivity contribution in [2.24, 2.45) is 0 Å². The lowest BCUT2D eigenvalue weighted by Gasteiger charge is -2.08. The lowest BCUT2D eigenvalue weighted by Crippen LogP contribution is -2.31. The van der Waals surface area contributed by atoms with Gasteiger partial charge in [-0.1, -0.05) is 0 Å². The van der Waals surface area contributed by atoms with Crippen molar-refractivity contribution in [1.82, 2.24) is 14.9 Å². The molecule has 126 valence electrons. The van der Waals surface area contributed by atoms with E-state index in [0.717, 1.165) is 24.3 Å². The highest BCUT2D eigenvalue weighted by molar-refractivity contribution is 5.94. The largest absolute Gasteiger partial charge is 0.494 e. The van der Waals surface area contributed by atoms with Gasteiger partial charge in [0, 0.05) is 30.6 Å². The Labute approximate surface area is 140 Å². The number of nitrogens with one attached hydrogen (secondary N) is 1. The summed E-state index contributed by atoms with van der Waals surface area (Å²) < 4.78 is 6.87. The zero-order chi connectivity index (χ0) is 16.9. The number of ether oxygens (including phenoxy) is 1. The average molecular weight is 327 g/mol. The first kappa shape index (κ1) is 16.2. The van der Waals surface area contributed by atoms with Gasteiger partial charge in [-0.2, -0.15) is 0 Å². The molecule has 1 fully saturated rings. The molecule has 1 aliphatic rings. The normalized spacial score (nSPS) is 13.5. The molecule has 6 nitrogen and oxygen atoms in total. The first-order valence-electron chi connectivity index (χ1n) is 8.25. The van der Waals surface area contributed by atoms with Crippen molar-refractivity contribution in [3.05, 3.63) is 58.3 Å². The SMILES string of the molecule is CCOc1ccc(C(=O)NCCn2cnc(C3CC3)cc2=O)cc1. The molecule has 1 heterocycles. The van der Waals surface area contributed by atoms with E-state index in [0.29, 0.717) is 31.2 Å². The van der Waals surface area contributed by atoms with Crippen LogP contribution in [0.15, 0.2) is 41.5 Å².